The van der Waals surface area contributed by atoms with Gasteiger partial charge in [0, 0.05) is 19.3 Å². The molecule has 8 nitrogen and oxygen atoms in total. The van der Waals surface area contributed by atoms with Crippen LogP contribution in [0.2, 0.25) is 0 Å². The van der Waals surface area contributed by atoms with E-state index in [1.165, 1.54) is 96.3 Å². The minimum atomic E-state index is -0.879. The third-order valence-electron chi connectivity index (χ3n) is 10.3. The number of likely N-dealkylation sites (N-methyl/N-ethyl adjacent to an activating group) is 1. The van der Waals surface area contributed by atoms with Crippen LogP contribution in [0.5, 0.6) is 0 Å². The zero-order valence-corrected chi connectivity index (χ0v) is 37.1. The van der Waals surface area contributed by atoms with E-state index in [0.29, 0.717) is 19.3 Å². The maximum Gasteiger partial charge on any atom is 0.362 e. The van der Waals surface area contributed by atoms with Gasteiger partial charge < -0.3 is 23.8 Å². The summed E-state index contributed by atoms with van der Waals surface area (Å²) in [7, 11) is 5.52. The topological polar surface area (TPSA) is 99.1 Å². The maximum absolute atomic E-state index is 12.7. The highest BCUT2D eigenvalue weighted by atomic mass is 16.6. The van der Waals surface area contributed by atoms with Crippen molar-refractivity contribution in [3.63, 3.8) is 0 Å². The molecule has 56 heavy (non-hydrogen) atoms. The molecule has 0 aromatic heterocycles. The molecule has 8 heteroatoms. The Labute approximate surface area is 344 Å². The number of aliphatic carboxylic acids is 1. The number of carbonyl (C=O) groups excluding carboxylic acids is 2. The molecule has 0 aliphatic heterocycles. The zero-order valence-electron chi connectivity index (χ0n) is 37.1. The van der Waals surface area contributed by atoms with Gasteiger partial charge in [-0.05, 0) is 64.2 Å². The van der Waals surface area contributed by atoms with E-state index in [4.69, 9.17) is 14.2 Å². The molecule has 1 N–H and O–H groups in total. The smallest absolute Gasteiger partial charge is 0.362 e. The van der Waals surface area contributed by atoms with Gasteiger partial charge in [0.25, 0.3) is 0 Å². The average Bonchev–Trinajstić information content (AvgIpc) is 3.15. The van der Waals surface area contributed by atoms with Crippen LogP contribution in [0.15, 0.2) is 36.5 Å². The third kappa shape index (κ3) is 37.1. The second-order valence-corrected chi connectivity index (χ2v) is 16.7. The van der Waals surface area contributed by atoms with E-state index in [0.717, 1.165) is 70.6 Å². The number of ether oxygens (including phenoxy) is 3. The molecule has 0 saturated heterocycles. The van der Waals surface area contributed by atoms with Crippen LogP contribution in [-0.4, -0.2) is 80.6 Å². The predicted octanol–water partition coefficient (Wildman–Crippen LogP) is 12.6. The Morgan fingerprint density at radius 3 is 1.41 bits per heavy atom. The number of hydrogen-bond donors (Lipinski definition) is 1. The van der Waals surface area contributed by atoms with E-state index >= 15 is 0 Å². The Morgan fingerprint density at radius 2 is 0.946 bits per heavy atom. The van der Waals surface area contributed by atoms with Crippen LogP contribution < -0.4 is 0 Å². The molecule has 0 saturated carbocycles. The number of rotatable bonds is 41. The van der Waals surface area contributed by atoms with Gasteiger partial charge in [-0.1, -0.05) is 153 Å². The van der Waals surface area contributed by atoms with E-state index in [-0.39, 0.29) is 36.2 Å². The lowest BCUT2D eigenvalue weighted by atomic mass is 10.1. The van der Waals surface area contributed by atoms with Gasteiger partial charge in [0.15, 0.2) is 12.1 Å². The largest absolute Gasteiger partial charge is 0.477 e. The van der Waals surface area contributed by atoms with Gasteiger partial charge in [0.2, 0.25) is 0 Å². The zero-order chi connectivity index (χ0) is 41.4. The lowest BCUT2D eigenvalue weighted by Gasteiger charge is -2.31. The number of carbonyl (C=O) groups is 3. The number of nitrogens with zero attached hydrogens (tertiary/aromatic N) is 1. The van der Waals surface area contributed by atoms with Crippen molar-refractivity contribution < 1.29 is 38.2 Å². The van der Waals surface area contributed by atoms with E-state index in [9.17, 15) is 19.5 Å². The molecule has 326 valence electrons. The van der Waals surface area contributed by atoms with Crippen LogP contribution in [0.1, 0.15) is 200 Å². The van der Waals surface area contributed by atoms with E-state index in [1.54, 1.807) is 0 Å². The average molecular weight is 791 g/mol. The minimum absolute atomic E-state index is 0.0511. The number of esters is 2. The quantitative estimate of drug-likeness (QED) is 0.0216. The third-order valence-corrected chi connectivity index (χ3v) is 10.3. The van der Waals surface area contributed by atoms with E-state index in [1.807, 2.05) is 21.1 Å². The van der Waals surface area contributed by atoms with Gasteiger partial charge >= 0.3 is 17.9 Å². The van der Waals surface area contributed by atoms with Crippen molar-refractivity contribution in [2.75, 3.05) is 41.0 Å². The van der Waals surface area contributed by atoms with Crippen LogP contribution in [0.3, 0.4) is 0 Å². The number of quaternary nitrogens is 1. The highest BCUT2D eigenvalue weighted by molar-refractivity contribution is 5.72. The molecule has 0 heterocycles. The molecule has 0 aliphatic carbocycles. The van der Waals surface area contributed by atoms with Crippen molar-refractivity contribution in [3.8, 4) is 0 Å². The maximum atomic E-state index is 12.7. The number of carboxylic acids is 1. The fraction of sp³-hybridized carbons (Fsp3) is 0.812. The SMILES string of the molecule is CCCCCCCCC/C=C/C=C/CCCCCCCC(=O)OCC(COCCC(C(=O)O)[N+](C)(C)C)OC(=O)CCCCC/C=C/CCCCCCCCC. The first-order valence-electron chi connectivity index (χ1n) is 23.0. The Morgan fingerprint density at radius 1 is 0.536 bits per heavy atom. The highest BCUT2D eigenvalue weighted by Crippen LogP contribution is 2.14. The van der Waals surface area contributed by atoms with E-state index in [2.05, 4.69) is 50.3 Å². The van der Waals surface area contributed by atoms with Gasteiger partial charge in [0.1, 0.15) is 6.61 Å². The summed E-state index contributed by atoms with van der Waals surface area (Å²) in [5, 5.41) is 9.62. The Balaban J connectivity index is 4.36. The summed E-state index contributed by atoms with van der Waals surface area (Å²) in [5.41, 5.74) is 0. The number of hydrogen-bond acceptors (Lipinski definition) is 6. The molecule has 0 rings (SSSR count). The van der Waals surface area contributed by atoms with Crippen molar-refractivity contribution in [1.82, 2.24) is 0 Å². The summed E-state index contributed by atoms with van der Waals surface area (Å²) in [6, 6.07) is -0.619. The van der Waals surface area contributed by atoms with Crippen LogP contribution in [0.25, 0.3) is 0 Å². The molecular weight excluding hydrogens is 703 g/mol. The van der Waals surface area contributed by atoms with Crippen LogP contribution in [0, 0.1) is 0 Å². The monoisotopic (exact) mass is 791 g/mol. The second-order valence-electron chi connectivity index (χ2n) is 16.7. The van der Waals surface area contributed by atoms with Crippen LogP contribution in [0.4, 0.5) is 0 Å². The first kappa shape index (κ1) is 53.6. The molecule has 2 atom stereocenters. The summed E-state index contributed by atoms with van der Waals surface area (Å²) in [4.78, 5) is 37.0. The summed E-state index contributed by atoms with van der Waals surface area (Å²) in [6.45, 7) is 4.70. The second kappa shape index (κ2) is 39.4. The van der Waals surface area contributed by atoms with Gasteiger partial charge in [-0.25, -0.2) is 4.79 Å². The number of carboxylic acid groups (broad SMARTS) is 1. The highest BCUT2D eigenvalue weighted by Gasteiger charge is 2.31. The molecule has 0 aliphatic rings. The van der Waals surface area contributed by atoms with Crippen molar-refractivity contribution in [1.29, 1.82) is 0 Å². The van der Waals surface area contributed by atoms with Gasteiger partial charge in [-0.15, -0.1) is 0 Å². The first-order valence-corrected chi connectivity index (χ1v) is 23.0. The Bertz CT molecular complexity index is 1020. The van der Waals surface area contributed by atoms with Crippen molar-refractivity contribution >= 4 is 17.9 Å². The molecule has 0 amide bonds. The first-order chi connectivity index (χ1) is 27.1. The fourth-order valence-electron chi connectivity index (χ4n) is 6.66. The number of unbranched alkanes of at least 4 members (excludes halogenated alkanes) is 22. The molecule has 0 aromatic rings. The summed E-state index contributed by atoms with van der Waals surface area (Å²) < 4.78 is 17.3. The Kier molecular flexibility index (Phi) is 37.7. The van der Waals surface area contributed by atoms with Gasteiger partial charge in [-0.3, -0.25) is 9.59 Å². The van der Waals surface area contributed by atoms with Gasteiger partial charge in [-0.2, -0.15) is 0 Å². The summed E-state index contributed by atoms with van der Waals surface area (Å²) in [6.07, 6.45) is 44.7. The van der Waals surface area contributed by atoms with Crippen molar-refractivity contribution in [2.45, 2.75) is 212 Å². The fourth-order valence-corrected chi connectivity index (χ4v) is 6.66. The van der Waals surface area contributed by atoms with Crippen molar-refractivity contribution in [2.24, 2.45) is 0 Å². The molecule has 0 fully saturated rings. The molecule has 2 unspecified atom stereocenters. The molecule has 0 spiro atoms. The normalized spacial score (nSPS) is 13.2. The molecule has 0 bridgehead atoms. The lowest BCUT2D eigenvalue weighted by molar-refractivity contribution is -0.887. The number of allylic oxidation sites excluding steroid dienone is 6. The lowest BCUT2D eigenvalue weighted by Crippen LogP contribution is -2.50. The Hall–Kier alpha value is -2.45. The van der Waals surface area contributed by atoms with Crippen molar-refractivity contribution in [3.05, 3.63) is 36.5 Å². The molecule has 0 radical (unpaired) electrons. The van der Waals surface area contributed by atoms with Crippen LogP contribution in [-0.2, 0) is 28.6 Å². The van der Waals surface area contributed by atoms with Gasteiger partial charge in [0.05, 0.1) is 34.4 Å². The molecular formula is C48H88NO7+. The molecule has 0 aromatic carbocycles. The standard InChI is InChI=1S/C48H87NO7/c1-6-8-10-12-14-16-18-20-22-23-24-25-27-28-30-32-34-36-38-46(50)55-43-44(42-54-41-40-45(48(52)53)49(3,4)5)56-47(51)39-37-35-33-31-29-26-21-19-17-15-13-11-9-7-2/h22-26,29,44-45H,6-21,27-28,30-43H2,1-5H3/p+1/b23-22+,25-24+,29-26+. The van der Waals surface area contributed by atoms with E-state index < -0.39 is 18.1 Å². The summed E-state index contributed by atoms with van der Waals surface area (Å²) >= 11 is 0. The summed E-state index contributed by atoms with van der Waals surface area (Å²) in [5.74, 6) is -1.50. The minimum Gasteiger partial charge on any atom is -0.477 e. The predicted molar refractivity (Wildman–Crippen MR) is 234 cm³/mol. The van der Waals surface area contributed by atoms with Crippen LogP contribution >= 0.6 is 0 Å².